The van der Waals surface area contributed by atoms with Crippen LogP contribution in [0.25, 0.3) is 0 Å². The third-order valence-corrected chi connectivity index (χ3v) is 5.53. The highest BCUT2D eigenvalue weighted by atomic mass is 35.5. The zero-order valence-electron chi connectivity index (χ0n) is 10.1. The smallest absolute Gasteiger partial charge is 0.398 e. The molecule has 0 spiro atoms. The van der Waals surface area contributed by atoms with Crippen molar-refractivity contribution in [2.24, 2.45) is 0 Å². The van der Waals surface area contributed by atoms with Crippen molar-refractivity contribution >= 4 is 44.3 Å². The standard InChI is InChI=1S/C11H8ClF3N2O2S2/c12-9-3-4-10(20-9)21(18,19)17-6-1-2-8(16)7(5-6)11(13,14)15/h1-5,17H,16H2. The Labute approximate surface area is 127 Å². The van der Waals surface area contributed by atoms with Crippen LogP contribution in [0.2, 0.25) is 4.34 Å². The summed E-state index contributed by atoms with van der Waals surface area (Å²) in [5.41, 5.74) is 3.42. The quantitative estimate of drug-likeness (QED) is 0.821. The Balaban J connectivity index is 2.36. The van der Waals surface area contributed by atoms with Crippen LogP contribution < -0.4 is 10.5 Å². The first-order valence-electron chi connectivity index (χ1n) is 5.34. The molecule has 1 aromatic carbocycles. The summed E-state index contributed by atoms with van der Waals surface area (Å²) in [6.07, 6.45) is -4.67. The number of thiophene rings is 1. The third kappa shape index (κ3) is 3.60. The van der Waals surface area contributed by atoms with Gasteiger partial charge in [0.1, 0.15) is 4.21 Å². The van der Waals surface area contributed by atoms with Crippen molar-refractivity contribution in [1.29, 1.82) is 0 Å². The van der Waals surface area contributed by atoms with Gasteiger partial charge < -0.3 is 5.73 Å². The molecule has 0 saturated heterocycles. The zero-order chi connectivity index (χ0) is 15.8. The van der Waals surface area contributed by atoms with Crippen molar-refractivity contribution < 1.29 is 21.6 Å². The molecule has 0 fully saturated rings. The molecular weight excluding hydrogens is 349 g/mol. The van der Waals surface area contributed by atoms with E-state index in [1.165, 1.54) is 12.1 Å². The number of nitrogens with one attached hydrogen (secondary N) is 1. The predicted molar refractivity (Wildman–Crippen MR) is 76.0 cm³/mol. The van der Waals surface area contributed by atoms with Crippen molar-refractivity contribution in [3.05, 3.63) is 40.2 Å². The molecule has 1 heterocycles. The van der Waals surface area contributed by atoms with Crippen LogP contribution in [0.15, 0.2) is 34.5 Å². The minimum absolute atomic E-state index is 0.0992. The van der Waals surface area contributed by atoms with E-state index in [0.29, 0.717) is 6.07 Å². The van der Waals surface area contributed by atoms with Gasteiger partial charge in [0.15, 0.2) is 0 Å². The Bertz CT molecular complexity index is 772. The van der Waals surface area contributed by atoms with Crippen LogP contribution in [0.1, 0.15) is 5.56 Å². The number of nitrogen functional groups attached to an aromatic ring is 1. The molecule has 21 heavy (non-hydrogen) atoms. The van der Waals surface area contributed by atoms with Crippen molar-refractivity contribution in [2.75, 3.05) is 10.5 Å². The molecule has 114 valence electrons. The van der Waals surface area contributed by atoms with Gasteiger partial charge in [0, 0.05) is 11.4 Å². The third-order valence-electron chi connectivity index (χ3n) is 2.42. The van der Waals surface area contributed by atoms with Crippen molar-refractivity contribution in [3.8, 4) is 0 Å². The van der Waals surface area contributed by atoms with E-state index in [-0.39, 0.29) is 14.2 Å². The molecule has 0 unspecified atom stereocenters. The molecule has 4 nitrogen and oxygen atoms in total. The van der Waals surface area contributed by atoms with E-state index in [0.717, 1.165) is 23.5 Å². The number of benzene rings is 1. The van der Waals surface area contributed by atoms with Crippen LogP contribution >= 0.6 is 22.9 Å². The van der Waals surface area contributed by atoms with Gasteiger partial charge in [-0.1, -0.05) is 11.6 Å². The van der Waals surface area contributed by atoms with Crippen molar-refractivity contribution in [1.82, 2.24) is 0 Å². The lowest BCUT2D eigenvalue weighted by Crippen LogP contribution is -2.14. The summed E-state index contributed by atoms with van der Waals surface area (Å²) in [4.78, 5) is 0. The SMILES string of the molecule is Nc1ccc(NS(=O)(=O)c2ccc(Cl)s2)cc1C(F)(F)F. The van der Waals surface area contributed by atoms with Gasteiger partial charge in [0.25, 0.3) is 10.0 Å². The fourth-order valence-electron chi connectivity index (χ4n) is 1.51. The number of nitrogens with two attached hydrogens (primary N) is 1. The minimum atomic E-state index is -4.67. The van der Waals surface area contributed by atoms with Crippen molar-refractivity contribution in [3.63, 3.8) is 0 Å². The first-order valence-corrected chi connectivity index (χ1v) is 8.02. The summed E-state index contributed by atoms with van der Waals surface area (Å²) < 4.78 is 64.3. The Morgan fingerprint density at radius 1 is 1.19 bits per heavy atom. The normalized spacial score (nSPS) is 12.4. The highest BCUT2D eigenvalue weighted by Gasteiger charge is 2.33. The highest BCUT2D eigenvalue weighted by molar-refractivity contribution is 7.94. The Morgan fingerprint density at radius 3 is 2.38 bits per heavy atom. The molecule has 0 saturated carbocycles. The molecule has 0 aliphatic heterocycles. The Morgan fingerprint density at radius 2 is 1.86 bits per heavy atom. The van der Waals surface area contributed by atoms with E-state index in [9.17, 15) is 21.6 Å². The van der Waals surface area contributed by atoms with Crippen LogP contribution in [-0.2, 0) is 16.2 Å². The topological polar surface area (TPSA) is 72.2 Å². The van der Waals surface area contributed by atoms with Crippen LogP contribution in [0.4, 0.5) is 24.5 Å². The van der Waals surface area contributed by atoms with E-state index in [2.05, 4.69) is 4.72 Å². The molecule has 0 amide bonds. The molecule has 0 radical (unpaired) electrons. The monoisotopic (exact) mass is 356 g/mol. The van der Waals surface area contributed by atoms with Crippen LogP contribution in [0, 0.1) is 0 Å². The second kappa shape index (κ2) is 5.39. The van der Waals surface area contributed by atoms with E-state index < -0.39 is 27.5 Å². The lowest BCUT2D eigenvalue weighted by atomic mass is 10.1. The lowest BCUT2D eigenvalue weighted by molar-refractivity contribution is -0.136. The van der Waals surface area contributed by atoms with Gasteiger partial charge in [-0.15, -0.1) is 11.3 Å². The van der Waals surface area contributed by atoms with Crippen LogP contribution in [0.5, 0.6) is 0 Å². The highest BCUT2D eigenvalue weighted by Crippen LogP contribution is 2.36. The summed E-state index contributed by atoms with van der Waals surface area (Å²) in [5, 5.41) is 0. The number of rotatable bonds is 3. The lowest BCUT2D eigenvalue weighted by Gasteiger charge is -2.12. The zero-order valence-corrected chi connectivity index (χ0v) is 12.5. The molecule has 0 aliphatic rings. The van der Waals surface area contributed by atoms with Gasteiger partial charge >= 0.3 is 6.18 Å². The molecule has 0 aliphatic carbocycles. The van der Waals surface area contributed by atoms with Gasteiger partial charge in [-0.05, 0) is 30.3 Å². The number of hydrogen-bond donors (Lipinski definition) is 2. The number of hydrogen-bond acceptors (Lipinski definition) is 4. The van der Waals surface area contributed by atoms with Gasteiger partial charge in [0.05, 0.1) is 9.90 Å². The number of anilines is 2. The van der Waals surface area contributed by atoms with Crippen LogP contribution in [0.3, 0.4) is 0 Å². The summed E-state index contributed by atoms with van der Waals surface area (Å²) in [6, 6.07) is 5.42. The van der Waals surface area contributed by atoms with E-state index >= 15 is 0 Å². The Hall–Kier alpha value is -1.45. The maximum atomic E-state index is 12.7. The summed E-state index contributed by atoms with van der Waals surface area (Å²) in [7, 11) is -3.99. The largest absolute Gasteiger partial charge is 0.418 e. The second-order valence-electron chi connectivity index (χ2n) is 3.96. The van der Waals surface area contributed by atoms with Crippen LogP contribution in [-0.4, -0.2) is 8.42 Å². The molecule has 0 atom stereocenters. The first kappa shape index (κ1) is 15.9. The molecule has 10 heteroatoms. The predicted octanol–water partition coefficient (Wildman–Crippen LogP) is 3.80. The first-order chi connectivity index (χ1) is 9.59. The minimum Gasteiger partial charge on any atom is -0.398 e. The van der Waals surface area contributed by atoms with Gasteiger partial charge in [-0.3, -0.25) is 4.72 Å². The van der Waals surface area contributed by atoms with Gasteiger partial charge in [-0.25, -0.2) is 8.42 Å². The summed E-state index contributed by atoms with van der Waals surface area (Å²) in [5.74, 6) is 0. The number of halogens is 4. The Kier molecular flexibility index (Phi) is 4.09. The molecule has 1 aromatic heterocycles. The molecular formula is C11H8ClF3N2O2S2. The number of sulfonamides is 1. The fraction of sp³-hybridized carbons (Fsp3) is 0.0909. The molecule has 3 N–H and O–H groups in total. The maximum Gasteiger partial charge on any atom is 0.418 e. The van der Waals surface area contributed by atoms with Crippen molar-refractivity contribution in [2.45, 2.75) is 10.4 Å². The van der Waals surface area contributed by atoms with Gasteiger partial charge in [0.2, 0.25) is 0 Å². The average molecular weight is 357 g/mol. The second-order valence-corrected chi connectivity index (χ2v) is 7.59. The van der Waals surface area contributed by atoms with E-state index in [1.54, 1.807) is 0 Å². The molecule has 2 rings (SSSR count). The number of alkyl halides is 3. The van der Waals surface area contributed by atoms with Gasteiger partial charge in [-0.2, -0.15) is 13.2 Å². The maximum absolute atomic E-state index is 12.7. The van der Waals surface area contributed by atoms with E-state index in [4.69, 9.17) is 17.3 Å². The van der Waals surface area contributed by atoms with E-state index in [1.807, 2.05) is 0 Å². The fourth-order valence-corrected chi connectivity index (χ4v) is 4.05. The molecule has 0 bridgehead atoms. The summed E-state index contributed by atoms with van der Waals surface area (Å²) in [6.45, 7) is 0. The molecule has 2 aromatic rings. The summed E-state index contributed by atoms with van der Waals surface area (Å²) >= 11 is 6.43. The average Bonchev–Trinajstić information content (AvgIpc) is 2.77.